The van der Waals surface area contributed by atoms with Crippen LogP contribution in [0.5, 0.6) is 0 Å². The first-order chi connectivity index (χ1) is 7.48. The number of likely N-dealkylation sites (N-methyl/N-ethyl adjacent to an activating group) is 1. The molecule has 0 aromatic carbocycles. The summed E-state index contributed by atoms with van der Waals surface area (Å²) in [4.78, 5) is 5.12. The van der Waals surface area contributed by atoms with Gasteiger partial charge in [-0.15, -0.1) is 0 Å². The molecule has 1 rings (SSSR count). The van der Waals surface area contributed by atoms with E-state index in [1.54, 1.807) is 0 Å². The summed E-state index contributed by atoms with van der Waals surface area (Å²) < 4.78 is 0. The summed E-state index contributed by atoms with van der Waals surface area (Å²) in [5.74, 6) is 0. The first-order valence-corrected chi connectivity index (χ1v) is 6.61. The van der Waals surface area contributed by atoms with Crippen molar-refractivity contribution in [3.05, 3.63) is 0 Å². The van der Waals surface area contributed by atoms with Gasteiger partial charge in [0, 0.05) is 25.7 Å². The molecule has 1 aliphatic heterocycles. The van der Waals surface area contributed by atoms with Gasteiger partial charge < -0.3 is 10.6 Å². The Bertz CT molecular complexity index is 203. The van der Waals surface area contributed by atoms with Crippen LogP contribution in [0.3, 0.4) is 0 Å². The molecule has 0 saturated carbocycles. The van der Waals surface area contributed by atoms with Crippen molar-refractivity contribution in [2.45, 2.75) is 39.7 Å². The predicted molar refractivity (Wildman–Crippen MR) is 70.6 cm³/mol. The zero-order valence-electron chi connectivity index (χ0n) is 11.5. The van der Waals surface area contributed by atoms with E-state index in [1.165, 1.54) is 32.6 Å². The Morgan fingerprint density at radius 3 is 2.56 bits per heavy atom. The number of hydrogen-bond acceptors (Lipinski definition) is 3. The van der Waals surface area contributed by atoms with E-state index < -0.39 is 0 Å². The van der Waals surface area contributed by atoms with E-state index in [9.17, 15) is 0 Å². The quantitative estimate of drug-likeness (QED) is 0.788. The number of nitrogens with two attached hydrogens (primary N) is 1. The van der Waals surface area contributed by atoms with Crippen molar-refractivity contribution in [1.82, 2.24) is 9.80 Å². The van der Waals surface area contributed by atoms with Gasteiger partial charge in [-0.25, -0.2) is 0 Å². The molecule has 0 amide bonds. The van der Waals surface area contributed by atoms with E-state index in [1.807, 2.05) is 0 Å². The molecule has 2 N–H and O–H groups in total. The Hall–Kier alpha value is -0.120. The van der Waals surface area contributed by atoms with Gasteiger partial charge in [0.1, 0.15) is 0 Å². The van der Waals surface area contributed by atoms with Crippen LogP contribution in [-0.4, -0.2) is 55.6 Å². The molecule has 1 unspecified atom stereocenters. The smallest absolute Gasteiger partial charge is 0.0235 e. The van der Waals surface area contributed by atoms with Crippen LogP contribution in [0, 0.1) is 5.41 Å². The molecule has 0 aliphatic carbocycles. The topological polar surface area (TPSA) is 32.5 Å². The summed E-state index contributed by atoms with van der Waals surface area (Å²) in [6, 6.07) is 0.650. The predicted octanol–water partition coefficient (Wildman–Crippen LogP) is 1.39. The van der Waals surface area contributed by atoms with Gasteiger partial charge in [0.15, 0.2) is 0 Å². The standard InChI is InChI=1S/C13H29N3/c1-5-8-16-11-13(2,3)10-15(4)9-12(16)6-7-14/h12H,5-11,14H2,1-4H3. The molecular weight excluding hydrogens is 198 g/mol. The molecule has 3 nitrogen and oxygen atoms in total. The highest BCUT2D eigenvalue weighted by atomic mass is 15.2. The first kappa shape index (κ1) is 13.9. The monoisotopic (exact) mass is 227 g/mol. The maximum absolute atomic E-state index is 5.74. The number of hydrogen-bond donors (Lipinski definition) is 1. The molecule has 1 fully saturated rings. The van der Waals surface area contributed by atoms with Crippen molar-refractivity contribution < 1.29 is 0 Å². The normalized spacial score (nSPS) is 27.9. The van der Waals surface area contributed by atoms with Gasteiger partial charge in [0.05, 0.1) is 0 Å². The lowest BCUT2D eigenvalue weighted by Gasteiger charge is -2.33. The third-order valence-corrected chi connectivity index (χ3v) is 3.38. The molecule has 96 valence electrons. The van der Waals surface area contributed by atoms with Gasteiger partial charge >= 0.3 is 0 Å². The molecule has 16 heavy (non-hydrogen) atoms. The second-order valence-electron chi connectivity index (χ2n) is 6.06. The van der Waals surface area contributed by atoms with Crippen molar-refractivity contribution in [2.24, 2.45) is 11.1 Å². The van der Waals surface area contributed by atoms with Crippen LogP contribution in [-0.2, 0) is 0 Å². The average molecular weight is 227 g/mol. The SMILES string of the molecule is CCCN1CC(C)(C)CN(C)CC1CCN. The average Bonchev–Trinajstić information content (AvgIpc) is 2.24. The largest absolute Gasteiger partial charge is 0.330 e. The first-order valence-electron chi connectivity index (χ1n) is 6.61. The van der Waals surface area contributed by atoms with Crippen molar-refractivity contribution in [3.63, 3.8) is 0 Å². The van der Waals surface area contributed by atoms with E-state index in [4.69, 9.17) is 5.73 Å². The van der Waals surface area contributed by atoms with Crippen molar-refractivity contribution in [1.29, 1.82) is 0 Å². The molecule has 3 heteroatoms. The van der Waals surface area contributed by atoms with Gasteiger partial charge in [-0.05, 0) is 38.4 Å². The van der Waals surface area contributed by atoms with Crippen LogP contribution >= 0.6 is 0 Å². The van der Waals surface area contributed by atoms with Gasteiger partial charge in [0.2, 0.25) is 0 Å². The van der Waals surface area contributed by atoms with E-state index in [2.05, 4.69) is 37.6 Å². The summed E-state index contributed by atoms with van der Waals surface area (Å²) in [5.41, 5.74) is 6.13. The highest BCUT2D eigenvalue weighted by Gasteiger charge is 2.31. The maximum Gasteiger partial charge on any atom is 0.0235 e. The van der Waals surface area contributed by atoms with Crippen molar-refractivity contribution in [2.75, 3.05) is 39.8 Å². The Kier molecular flexibility index (Phi) is 5.22. The van der Waals surface area contributed by atoms with E-state index in [0.29, 0.717) is 11.5 Å². The number of nitrogens with zero attached hydrogens (tertiary/aromatic N) is 2. The van der Waals surface area contributed by atoms with Gasteiger partial charge in [-0.1, -0.05) is 20.8 Å². The summed E-state index contributed by atoms with van der Waals surface area (Å²) in [6.07, 6.45) is 2.36. The van der Waals surface area contributed by atoms with E-state index in [0.717, 1.165) is 13.0 Å². The molecule has 0 radical (unpaired) electrons. The molecule has 0 aromatic heterocycles. The summed E-state index contributed by atoms with van der Waals surface area (Å²) in [6.45, 7) is 12.6. The molecule has 1 saturated heterocycles. The third kappa shape index (κ3) is 4.04. The molecule has 1 atom stereocenters. The fraction of sp³-hybridized carbons (Fsp3) is 1.00. The lowest BCUT2D eigenvalue weighted by Crippen LogP contribution is -2.43. The van der Waals surface area contributed by atoms with Crippen molar-refractivity contribution in [3.8, 4) is 0 Å². The van der Waals surface area contributed by atoms with Crippen LogP contribution in [0.2, 0.25) is 0 Å². The lowest BCUT2D eigenvalue weighted by molar-refractivity contribution is 0.152. The number of rotatable bonds is 4. The summed E-state index contributed by atoms with van der Waals surface area (Å²) in [7, 11) is 2.24. The van der Waals surface area contributed by atoms with Crippen molar-refractivity contribution >= 4 is 0 Å². The second-order valence-corrected chi connectivity index (χ2v) is 6.06. The van der Waals surface area contributed by atoms with Crippen LogP contribution in [0.4, 0.5) is 0 Å². The van der Waals surface area contributed by atoms with Gasteiger partial charge in [-0.2, -0.15) is 0 Å². The van der Waals surface area contributed by atoms with Gasteiger partial charge in [0.25, 0.3) is 0 Å². The highest BCUT2D eigenvalue weighted by Crippen LogP contribution is 2.24. The van der Waals surface area contributed by atoms with Crippen LogP contribution in [0.25, 0.3) is 0 Å². The zero-order chi connectivity index (χ0) is 12.2. The minimum Gasteiger partial charge on any atom is -0.330 e. The Labute approximate surface area is 101 Å². The maximum atomic E-state index is 5.74. The molecule has 1 aliphatic rings. The minimum absolute atomic E-state index is 0.396. The Balaban J connectivity index is 2.72. The molecule has 1 heterocycles. The molecule has 0 spiro atoms. The van der Waals surface area contributed by atoms with Crippen LogP contribution in [0.15, 0.2) is 0 Å². The summed E-state index contributed by atoms with van der Waals surface area (Å²) in [5, 5.41) is 0. The molecule has 0 aromatic rings. The third-order valence-electron chi connectivity index (χ3n) is 3.38. The Morgan fingerprint density at radius 2 is 2.00 bits per heavy atom. The highest BCUT2D eigenvalue weighted by molar-refractivity contribution is 4.87. The zero-order valence-corrected chi connectivity index (χ0v) is 11.5. The molecular formula is C13H29N3. The van der Waals surface area contributed by atoms with Crippen LogP contribution in [0.1, 0.15) is 33.6 Å². The second kappa shape index (κ2) is 5.99. The van der Waals surface area contributed by atoms with Gasteiger partial charge in [-0.3, -0.25) is 4.90 Å². The summed E-state index contributed by atoms with van der Waals surface area (Å²) >= 11 is 0. The fourth-order valence-corrected chi connectivity index (χ4v) is 3.01. The minimum atomic E-state index is 0.396. The van der Waals surface area contributed by atoms with E-state index >= 15 is 0 Å². The van der Waals surface area contributed by atoms with Crippen LogP contribution < -0.4 is 5.73 Å². The fourth-order valence-electron chi connectivity index (χ4n) is 3.01. The lowest BCUT2D eigenvalue weighted by atomic mass is 9.92. The Morgan fingerprint density at radius 1 is 1.31 bits per heavy atom. The molecule has 0 bridgehead atoms. The van der Waals surface area contributed by atoms with E-state index in [-0.39, 0.29) is 0 Å².